The van der Waals surface area contributed by atoms with Crippen molar-refractivity contribution in [2.75, 3.05) is 36.1 Å². The molecular formula is C26H26N4O5S. The molecule has 1 unspecified atom stereocenters. The Bertz CT molecular complexity index is 1420. The van der Waals surface area contributed by atoms with E-state index >= 15 is 0 Å². The number of esters is 1. The number of hydrogen-bond acceptors (Lipinski definition) is 7. The zero-order valence-electron chi connectivity index (χ0n) is 19.8. The lowest BCUT2D eigenvalue weighted by Crippen LogP contribution is -2.34. The molecule has 0 radical (unpaired) electrons. The van der Waals surface area contributed by atoms with Gasteiger partial charge < -0.3 is 15.8 Å². The van der Waals surface area contributed by atoms with Crippen LogP contribution in [0.15, 0.2) is 77.8 Å². The van der Waals surface area contributed by atoms with E-state index in [4.69, 9.17) is 15.5 Å². The summed E-state index contributed by atoms with van der Waals surface area (Å²) >= 11 is 0. The second-order valence-electron chi connectivity index (χ2n) is 8.22. The number of rotatable bonds is 8. The maximum atomic E-state index is 13.1. The number of carbonyl (C=O) groups excluding carboxylic acids is 2. The van der Waals surface area contributed by atoms with Crippen molar-refractivity contribution >= 4 is 44.7 Å². The summed E-state index contributed by atoms with van der Waals surface area (Å²) in [5.41, 5.74) is 9.44. The van der Waals surface area contributed by atoms with Crippen molar-refractivity contribution in [3.63, 3.8) is 0 Å². The maximum absolute atomic E-state index is 13.1. The smallest absolute Gasteiger partial charge is 0.337 e. The Morgan fingerprint density at radius 2 is 1.75 bits per heavy atom. The fourth-order valence-corrected chi connectivity index (χ4v) is 5.06. The van der Waals surface area contributed by atoms with Gasteiger partial charge in [0.1, 0.15) is 5.92 Å². The Labute approximate surface area is 209 Å². The van der Waals surface area contributed by atoms with Crippen molar-refractivity contribution in [3.8, 4) is 0 Å². The van der Waals surface area contributed by atoms with Crippen LogP contribution in [0.5, 0.6) is 0 Å². The highest BCUT2D eigenvalue weighted by molar-refractivity contribution is 7.92. The van der Waals surface area contributed by atoms with E-state index in [1.165, 1.54) is 11.4 Å². The molecule has 10 heteroatoms. The molecule has 1 atom stereocenters. The number of aliphatic imine (C=N–C) groups is 1. The largest absolute Gasteiger partial charge is 0.465 e. The van der Waals surface area contributed by atoms with E-state index < -0.39 is 21.9 Å². The lowest BCUT2D eigenvalue weighted by molar-refractivity contribution is -0.115. The van der Waals surface area contributed by atoms with Crippen molar-refractivity contribution in [3.05, 3.63) is 89.5 Å². The minimum absolute atomic E-state index is 0.156. The lowest BCUT2D eigenvalue weighted by atomic mass is 9.90. The average molecular weight is 507 g/mol. The molecule has 3 aromatic rings. The molecule has 3 aromatic carbocycles. The SMILES string of the molecule is COC(=O)c1ccc2c(c1)NC(=O)C2C(=Nc1ccc(N(CCN)S(C)(=O)=O)cc1)c1ccccc1. The van der Waals surface area contributed by atoms with Gasteiger partial charge in [0.2, 0.25) is 15.9 Å². The number of nitrogens with two attached hydrogens (primary N) is 1. The van der Waals surface area contributed by atoms with Gasteiger partial charge in [-0.05, 0) is 47.5 Å². The van der Waals surface area contributed by atoms with E-state index in [0.29, 0.717) is 33.9 Å². The summed E-state index contributed by atoms with van der Waals surface area (Å²) in [7, 11) is -2.19. The van der Waals surface area contributed by atoms with Crippen LogP contribution < -0.4 is 15.4 Å². The van der Waals surface area contributed by atoms with Crippen LogP contribution in [-0.4, -0.2) is 52.5 Å². The minimum atomic E-state index is -3.49. The van der Waals surface area contributed by atoms with Gasteiger partial charge in [-0.25, -0.2) is 13.2 Å². The Morgan fingerprint density at radius 1 is 1.06 bits per heavy atom. The maximum Gasteiger partial charge on any atom is 0.337 e. The second kappa shape index (κ2) is 10.3. The Kier molecular flexibility index (Phi) is 7.18. The molecule has 1 aliphatic rings. The quantitative estimate of drug-likeness (QED) is 0.357. The molecule has 0 spiro atoms. The molecule has 36 heavy (non-hydrogen) atoms. The van der Waals surface area contributed by atoms with E-state index in [1.54, 1.807) is 42.5 Å². The third-order valence-corrected chi connectivity index (χ3v) is 6.96. The molecule has 9 nitrogen and oxygen atoms in total. The lowest BCUT2D eigenvalue weighted by Gasteiger charge is -2.21. The van der Waals surface area contributed by atoms with E-state index in [1.807, 2.05) is 30.3 Å². The predicted molar refractivity (Wildman–Crippen MR) is 139 cm³/mol. The van der Waals surface area contributed by atoms with Crippen LogP contribution in [-0.2, 0) is 19.6 Å². The molecule has 0 saturated heterocycles. The number of ether oxygens (including phenoxy) is 1. The molecule has 0 fully saturated rings. The van der Waals surface area contributed by atoms with Crippen LogP contribution >= 0.6 is 0 Å². The summed E-state index contributed by atoms with van der Waals surface area (Å²) in [4.78, 5) is 29.9. The molecule has 0 aromatic heterocycles. The van der Waals surface area contributed by atoms with Crippen LogP contribution in [0.3, 0.4) is 0 Å². The number of methoxy groups -OCH3 is 1. The normalized spacial score (nSPS) is 15.2. The zero-order valence-corrected chi connectivity index (χ0v) is 20.7. The molecule has 0 bridgehead atoms. The van der Waals surface area contributed by atoms with Crippen molar-refractivity contribution in [1.29, 1.82) is 0 Å². The number of anilines is 2. The first-order valence-electron chi connectivity index (χ1n) is 11.2. The fraction of sp³-hybridized carbons (Fsp3) is 0.192. The number of nitrogens with one attached hydrogen (secondary N) is 1. The molecule has 186 valence electrons. The standard InChI is InChI=1S/C26H26N4O5S/c1-35-26(32)18-8-13-21-22(16-18)29-25(31)23(21)24(17-6-4-3-5-7-17)28-19-9-11-20(12-10-19)30(15-14-27)36(2,33)34/h3-13,16,23H,14-15,27H2,1-2H3,(H,29,31). The number of benzene rings is 3. The summed E-state index contributed by atoms with van der Waals surface area (Å²) < 4.78 is 30.3. The molecule has 1 amide bonds. The monoisotopic (exact) mass is 506 g/mol. The number of hydrogen-bond donors (Lipinski definition) is 2. The van der Waals surface area contributed by atoms with Gasteiger partial charge >= 0.3 is 5.97 Å². The summed E-state index contributed by atoms with van der Waals surface area (Å²) in [6.45, 7) is 0.336. The fourth-order valence-electron chi connectivity index (χ4n) is 4.12. The highest BCUT2D eigenvalue weighted by Gasteiger charge is 2.36. The van der Waals surface area contributed by atoms with E-state index in [9.17, 15) is 18.0 Å². The van der Waals surface area contributed by atoms with E-state index in [2.05, 4.69) is 5.32 Å². The summed E-state index contributed by atoms with van der Waals surface area (Å²) in [5.74, 6) is -1.47. The highest BCUT2D eigenvalue weighted by atomic mass is 32.2. The molecule has 4 rings (SSSR count). The van der Waals surface area contributed by atoms with Gasteiger partial charge in [0.15, 0.2) is 0 Å². The van der Waals surface area contributed by atoms with Gasteiger partial charge in [0.25, 0.3) is 0 Å². The van der Waals surface area contributed by atoms with Gasteiger partial charge in [0.05, 0.1) is 36.0 Å². The van der Waals surface area contributed by atoms with Crippen molar-refractivity contribution < 1.29 is 22.7 Å². The minimum Gasteiger partial charge on any atom is -0.465 e. The van der Waals surface area contributed by atoms with E-state index in [0.717, 1.165) is 11.8 Å². The number of carbonyl (C=O) groups is 2. The Hall–Kier alpha value is -4.02. The Morgan fingerprint density at radius 3 is 2.36 bits per heavy atom. The van der Waals surface area contributed by atoms with Crippen molar-refractivity contribution in [2.45, 2.75) is 5.92 Å². The first-order chi connectivity index (χ1) is 17.2. The zero-order chi connectivity index (χ0) is 25.9. The van der Waals surface area contributed by atoms with Gasteiger partial charge in [-0.15, -0.1) is 0 Å². The van der Waals surface area contributed by atoms with Crippen LogP contribution in [0.1, 0.15) is 27.4 Å². The van der Waals surface area contributed by atoms with Crippen molar-refractivity contribution in [2.24, 2.45) is 10.7 Å². The molecule has 3 N–H and O–H groups in total. The molecule has 0 saturated carbocycles. The van der Waals surface area contributed by atoms with Crippen LogP contribution in [0.2, 0.25) is 0 Å². The van der Waals surface area contributed by atoms with E-state index in [-0.39, 0.29) is 19.0 Å². The third kappa shape index (κ3) is 5.14. The third-order valence-electron chi connectivity index (χ3n) is 5.77. The van der Waals surface area contributed by atoms with Crippen LogP contribution in [0, 0.1) is 0 Å². The topological polar surface area (TPSA) is 131 Å². The number of amides is 1. The van der Waals surface area contributed by atoms with Gasteiger partial charge in [0, 0.05) is 18.8 Å². The van der Waals surface area contributed by atoms with Gasteiger partial charge in [-0.2, -0.15) is 0 Å². The van der Waals surface area contributed by atoms with Gasteiger partial charge in [-0.3, -0.25) is 14.1 Å². The molecule has 0 aliphatic carbocycles. The van der Waals surface area contributed by atoms with Crippen LogP contribution in [0.4, 0.5) is 17.1 Å². The van der Waals surface area contributed by atoms with Gasteiger partial charge in [-0.1, -0.05) is 36.4 Å². The molecule has 1 aliphatic heterocycles. The predicted octanol–water partition coefficient (Wildman–Crippen LogP) is 3.05. The first-order valence-corrected chi connectivity index (χ1v) is 13.0. The highest BCUT2D eigenvalue weighted by Crippen LogP contribution is 2.37. The summed E-state index contributed by atoms with van der Waals surface area (Å²) in [5, 5.41) is 2.84. The molecule has 1 heterocycles. The van der Waals surface area contributed by atoms with Crippen molar-refractivity contribution in [1.82, 2.24) is 0 Å². The second-order valence-corrected chi connectivity index (χ2v) is 10.1. The average Bonchev–Trinajstić information content (AvgIpc) is 3.20. The first kappa shape index (κ1) is 25.1. The van der Waals surface area contributed by atoms with Crippen LogP contribution in [0.25, 0.3) is 0 Å². The number of fused-ring (bicyclic) bond motifs is 1. The number of nitrogens with zero attached hydrogens (tertiary/aromatic N) is 2. The number of sulfonamides is 1. The summed E-state index contributed by atoms with van der Waals surface area (Å²) in [6, 6.07) is 21.0. The summed E-state index contributed by atoms with van der Waals surface area (Å²) in [6.07, 6.45) is 1.13. The Balaban J connectivity index is 1.77. The molecular weight excluding hydrogens is 480 g/mol.